The van der Waals surface area contributed by atoms with Crippen LogP contribution in [0.2, 0.25) is 5.02 Å². The van der Waals surface area contributed by atoms with Gasteiger partial charge in [0.1, 0.15) is 5.58 Å². The fourth-order valence-electron chi connectivity index (χ4n) is 2.10. The van der Waals surface area contributed by atoms with Gasteiger partial charge in [0.15, 0.2) is 0 Å². The minimum atomic E-state index is 0.678. The SMILES string of the molecule is Cc1ccc(Cl)c2c(CCNCC(C)C)coc12. The maximum Gasteiger partial charge on any atom is 0.138 e. The summed E-state index contributed by atoms with van der Waals surface area (Å²) in [7, 11) is 0. The van der Waals surface area contributed by atoms with Gasteiger partial charge in [-0.25, -0.2) is 0 Å². The molecule has 1 heterocycles. The Bertz CT molecular complexity index is 531. The lowest BCUT2D eigenvalue weighted by Crippen LogP contribution is -2.22. The normalized spacial score (nSPS) is 11.6. The first-order chi connectivity index (χ1) is 8.59. The van der Waals surface area contributed by atoms with Crippen molar-refractivity contribution in [3.05, 3.63) is 34.5 Å². The molecule has 0 spiro atoms. The Morgan fingerprint density at radius 2 is 2.11 bits per heavy atom. The summed E-state index contributed by atoms with van der Waals surface area (Å²) < 4.78 is 5.63. The van der Waals surface area contributed by atoms with Crippen molar-refractivity contribution in [3.63, 3.8) is 0 Å². The van der Waals surface area contributed by atoms with E-state index in [1.807, 2.05) is 25.3 Å². The lowest BCUT2D eigenvalue weighted by Gasteiger charge is -2.06. The fraction of sp³-hybridized carbons (Fsp3) is 0.467. The summed E-state index contributed by atoms with van der Waals surface area (Å²) in [4.78, 5) is 0. The highest BCUT2D eigenvalue weighted by Gasteiger charge is 2.11. The van der Waals surface area contributed by atoms with Crippen LogP contribution in [0.15, 0.2) is 22.8 Å². The zero-order chi connectivity index (χ0) is 13.1. The first-order valence-electron chi connectivity index (χ1n) is 6.45. The lowest BCUT2D eigenvalue weighted by atomic mass is 10.1. The van der Waals surface area contributed by atoms with E-state index in [4.69, 9.17) is 16.0 Å². The average molecular weight is 266 g/mol. The van der Waals surface area contributed by atoms with Crippen LogP contribution in [0.5, 0.6) is 0 Å². The zero-order valence-corrected chi connectivity index (χ0v) is 12.0. The molecule has 0 unspecified atom stereocenters. The second-order valence-corrected chi connectivity index (χ2v) is 5.58. The molecule has 1 aromatic carbocycles. The Hall–Kier alpha value is -0.990. The van der Waals surface area contributed by atoms with E-state index < -0.39 is 0 Å². The molecule has 0 atom stereocenters. The van der Waals surface area contributed by atoms with Gasteiger partial charge in [0.25, 0.3) is 0 Å². The molecule has 0 radical (unpaired) electrons. The Morgan fingerprint density at radius 3 is 2.83 bits per heavy atom. The molecule has 1 N–H and O–H groups in total. The number of furan rings is 1. The highest BCUT2D eigenvalue weighted by atomic mass is 35.5. The molecule has 18 heavy (non-hydrogen) atoms. The van der Waals surface area contributed by atoms with Crippen LogP contribution in [0.3, 0.4) is 0 Å². The third-order valence-electron chi connectivity index (χ3n) is 3.07. The standard InChI is InChI=1S/C15H20ClNO/c1-10(2)8-17-7-6-12-9-18-15-11(3)4-5-13(16)14(12)15/h4-5,9-10,17H,6-8H2,1-3H3. The number of fused-ring (bicyclic) bond motifs is 1. The van der Waals surface area contributed by atoms with Gasteiger partial charge >= 0.3 is 0 Å². The van der Waals surface area contributed by atoms with E-state index in [-0.39, 0.29) is 0 Å². The highest BCUT2D eigenvalue weighted by Crippen LogP contribution is 2.31. The Labute approximate surface area is 113 Å². The van der Waals surface area contributed by atoms with E-state index >= 15 is 0 Å². The topological polar surface area (TPSA) is 25.2 Å². The third-order valence-corrected chi connectivity index (χ3v) is 3.38. The molecular formula is C15H20ClNO. The maximum atomic E-state index is 6.26. The Morgan fingerprint density at radius 1 is 1.33 bits per heavy atom. The molecule has 0 bridgehead atoms. The molecule has 0 aliphatic carbocycles. The van der Waals surface area contributed by atoms with Crippen molar-refractivity contribution < 1.29 is 4.42 Å². The van der Waals surface area contributed by atoms with Gasteiger partial charge in [-0.05, 0) is 44.0 Å². The maximum absolute atomic E-state index is 6.26. The van der Waals surface area contributed by atoms with E-state index in [1.54, 1.807) is 0 Å². The van der Waals surface area contributed by atoms with E-state index in [2.05, 4.69) is 19.2 Å². The first-order valence-corrected chi connectivity index (χ1v) is 6.83. The Kier molecular flexibility index (Phi) is 4.31. The minimum Gasteiger partial charge on any atom is -0.464 e. The average Bonchev–Trinajstić information content (AvgIpc) is 2.74. The minimum absolute atomic E-state index is 0.678. The summed E-state index contributed by atoms with van der Waals surface area (Å²) in [5.74, 6) is 0.678. The number of hydrogen-bond acceptors (Lipinski definition) is 2. The van der Waals surface area contributed by atoms with Gasteiger partial charge in [0.05, 0.1) is 11.3 Å². The van der Waals surface area contributed by atoms with Crippen molar-refractivity contribution in [1.29, 1.82) is 0 Å². The van der Waals surface area contributed by atoms with Crippen LogP contribution in [-0.4, -0.2) is 13.1 Å². The molecule has 2 nitrogen and oxygen atoms in total. The van der Waals surface area contributed by atoms with Gasteiger partial charge < -0.3 is 9.73 Å². The number of benzene rings is 1. The molecule has 0 saturated heterocycles. The second kappa shape index (κ2) is 5.77. The van der Waals surface area contributed by atoms with E-state index in [0.717, 1.165) is 41.1 Å². The summed E-state index contributed by atoms with van der Waals surface area (Å²) in [6, 6.07) is 3.94. The predicted molar refractivity (Wildman–Crippen MR) is 77.4 cm³/mol. The van der Waals surface area contributed by atoms with Crippen LogP contribution >= 0.6 is 11.6 Å². The van der Waals surface area contributed by atoms with Crippen molar-refractivity contribution >= 4 is 22.6 Å². The third kappa shape index (κ3) is 2.88. The molecule has 0 aliphatic rings. The summed E-state index contributed by atoms with van der Waals surface area (Å²) in [6.45, 7) is 8.46. The van der Waals surface area contributed by atoms with Crippen molar-refractivity contribution in [2.24, 2.45) is 5.92 Å². The van der Waals surface area contributed by atoms with Crippen LogP contribution < -0.4 is 5.32 Å². The molecule has 0 saturated carbocycles. The first kappa shape index (κ1) is 13.4. The summed E-state index contributed by atoms with van der Waals surface area (Å²) in [5.41, 5.74) is 3.24. The van der Waals surface area contributed by atoms with Crippen molar-refractivity contribution in [1.82, 2.24) is 5.32 Å². The van der Waals surface area contributed by atoms with Crippen molar-refractivity contribution in [3.8, 4) is 0 Å². The highest BCUT2D eigenvalue weighted by molar-refractivity contribution is 6.35. The van der Waals surface area contributed by atoms with Gasteiger partial charge in [-0.1, -0.05) is 31.5 Å². The van der Waals surface area contributed by atoms with Crippen LogP contribution in [-0.2, 0) is 6.42 Å². The smallest absolute Gasteiger partial charge is 0.138 e. The van der Waals surface area contributed by atoms with Crippen LogP contribution in [0.1, 0.15) is 25.0 Å². The number of nitrogens with one attached hydrogen (secondary N) is 1. The largest absolute Gasteiger partial charge is 0.464 e. The van der Waals surface area contributed by atoms with E-state index in [1.165, 1.54) is 5.56 Å². The van der Waals surface area contributed by atoms with Crippen molar-refractivity contribution in [2.75, 3.05) is 13.1 Å². The lowest BCUT2D eigenvalue weighted by molar-refractivity contribution is 0.552. The van der Waals surface area contributed by atoms with Crippen molar-refractivity contribution in [2.45, 2.75) is 27.2 Å². The monoisotopic (exact) mass is 265 g/mol. The molecule has 0 aliphatic heterocycles. The van der Waals surface area contributed by atoms with E-state index in [9.17, 15) is 0 Å². The molecule has 98 valence electrons. The van der Waals surface area contributed by atoms with Crippen LogP contribution in [0.25, 0.3) is 11.0 Å². The molecule has 1 aromatic heterocycles. The summed E-state index contributed by atoms with van der Waals surface area (Å²) >= 11 is 6.26. The number of aryl methyl sites for hydroxylation is 1. The Balaban J connectivity index is 2.12. The number of halogens is 1. The number of rotatable bonds is 5. The zero-order valence-electron chi connectivity index (χ0n) is 11.2. The number of hydrogen-bond donors (Lipinski definition) is 1. The second-order valence-electron chi connectivity index (χ2n) is 5.18. The molecule has 2 aromatic rings. The molecule has 0 amide bonds. The van der Waals surface area contributed by atoms with Gasteiger partial charge in [-0.15, -0.1) is 0 Å². The van der Waals surface area contributed by atoms with Gasteiger partial charge in [0.2, 0.25) is 0 Å². The van der Waals surface area contributed by atoms with Crippen LogP contribution in [0.4, 0.5) is 0 Å². The van der Waals surface area contributed by atoms with Gasteiger partial charge in [0, 0.05) is 10.9 Å². The van der Waals surface area contributed by atoms with Crippen LogP contribution in [0, 0.1) is 12.8 Å². The molecule has 3 heteroatoms. The molecule has 2 rings (SSSR count). The van der Waals surface area contributed by atoms with Gasteiger partial charge in [-0.3, -0.25) is 0 Å². The molecule has 0 fully saturated rings. The fourth-order valence-corrected chi connectivity index (χ4v) is 2.37. The summed E-state index contributed by atoms with van der Waals surface area (Å²) in [5, 5.41) is 5.29. The molecular weight excluding hydrogens is 246 g/mol. The summed E-state index contributed by atoms with van der Waals surface area (Å²) in [6.07, 6.45) is 2.78. The quantitative estimate of drug-likeness (QED) is 0.821. The van der Waals surface area contributed by atoms with Gasteiger partial charge in [-0.2, -0.15) is 0 Å². The predicted octanol–water partition coefficient (Wildman–Crippen LogP) is 4.18. The van der Waals surface area contributed by atoms with E-state index in [0.29, 0.717) is 5.92 Å².